The molecule has 132 valence electrons. The van der Waals surface area contributed by atoms with Gasteiger partial charge >= 0.3 is 0 Å². The third-order valence-electron chi connectivity index (χ3n) is 4.97. The van der Waals surface area contributed by atoms with Gasteiger partial charge in [0.25, 0.3) is 0 Å². The third-order valence-corrected chi connectivity index (χ3v) is 4.97. The maximum atomic E-state index is 6.44. The first kappa shape index (κ1) is 16.8. The standard InChI is InChI=1S/C23H24N2O/c24-23-21(15-20-13-7-8-14-22(20)26-23)25(16-18-9-3-1-4-10-18)17-19-11-5-2-6-12-19/h1-14,21,23H,15-17,24H2/t21?,23-/m0/s1. The lowest BCUT2D eigenvalue weighted by molar-refractivity contribution is 0.0448. The summed E-state index contributed by atoms with van der Waals surface area (Å²) in [6.45, 7) is 1.69. The van der Waals surface area contributed by atoms with Crippen LogP contribution >= 0.6 is 0 Å². The predicted molar refractivity (Wildman–Crippen MR) is 105 cm³/mol. The van der Waals surface area contributed by atoms with Crippen LogP contribution in [0, 0.1) is 0 Å². The SMILES string of the molecule is N[C@H]1Oc2ccccc2CC1N(Cc1ccccc1)Cc1ccccc1. The zero-order valence-corrected chi connectivity index (χ0v) is 14.8. The summed E-state index contributed by atoms with van der Waals surface area (Å²) in [6.07, 6.45) is 0.564. The van der Waals surface area contributed by atoms with Crippen LogP contribution in [-0.4, -0.2) is 17.2 Å². The Balaban J connectivity index is 1.61. The quantitative estimate of drug-likeness (QED) is 0.761. The van der Waals surface area contributed by atoms with Crippen LogP contribution in [0.5, 0.6) is 5.75 Å². The van der Waals surface area contributed by atoms with Crippen molar-refractivity contribution in [1.82, 2.24) is 4.90 Å². The van der Waals surface area contributed by atoms with Gasteiger partial charge in [-0.2, -0.15) is 0 Å². The lowest BCUT2D eigenvalue weighted by Gasteiger charge is -2.39. The van der Waals surface area contributed by atoms with Gasteiger partial charge in [-0.25, -0.2) is 0 Å². The molecule has 0 saturated carbocycles. The molecule has 0 radical (unpaired) electrons. The Labute approximate surface area is 155 Å². The molecule has 1 unspecified atom stereocenters. The molecule has 0 saturated heterocycles. The first-order chi connectivity index (χ1) is 12.8. The van der Waals surface area contributed by atoms with Gasteiger partial charge in [0.1, 0.15) is 5.75 Å². The van der Waals surface area contributed by atoms with Crippen molar-refractivity contribution in [3.05, 3.63) is 102 Å². The summed E-state index contributed by atoms with van der Waals surface area (Å²) in [4.78, 5) is 2.44. The summed E-state index contributed by atoms with van der Waals surface area (Å²) >= 11 is 0. The number of nitrogens with zero attached hydrogens (tertiary/aromatic N) is 1. The number of benzene rings is 3. The molecule has 0 aromatic heterocycles. The normalized spacial score (nSPS) is 19.0. The Kier molecular flexibility index (Phi) is 5.00. The fraction of sp³-hybridized carbons (Fsp3) is 0.217. The molecule has 0 bridgehead atoms. The van der Waals surface area contributed by atoms with Crippen LogP contribution in [0.3, 0.4) is 0 Å². The second-order valence-corrected chi connectivity index (χ2v) is 6.84. The van der Waals surface area contributed by atoms with E-state index in [1.54, 1.807) is 0 Å². The van der Waals surface area contributed by atoms with E-state index < -0.39 is 0 Å². The second-order valence-electron chi connectivity index (χ2n) is 6.84. The van der Waals surface area contributed by atoms with Gasteiger partial charge in [0, 0.05) is 13.1 Å². The lowest BCUT2D eigenvalue weighted by Crippen LogP contribution is -2.53. The number of hydrogen-bond donors (Lipinski definition) is 1. The van der Waals surface area contributed by atoms with Crippen molar-refractivity contribution in [2.45, 2.75) is 31.8 Å². The molecule has 2 atom stereocenters. The Bertz CT molecular complexity index is 794. The fourth-order valence-corrected chi connectivity index (χ4v) is 3.62. The highest BCUT2D eigenvalue weighted by Crippen LogP contribution is 2.29. The van der Waals surface area contributed by atoms with Crippen molar-refractivity contribution in [1.29, 1.82) is 0 Å². The maximum Gasteiger partial charge on any atom is 0.163 e. The molecule has 0 spiro atoms. The molecule has 0 amide bonds. The number of fused-ring (bicyclic) bond motifs is 1. The molecule has 2 N–H and O–H groups in total. The Hall–Kier alpha value is -2.62. The van der Waals surface area contributed by atoms with Crippen LogP contribution in [0.2, 0.25) is 0 Å². The van der Waals surface area contributed by atoms with Gasteiger partial charge in [-0.05, 0) is 29.2 Å². The van der Waals surface area contributed by atoms with E-state index in [1.807, 2.05) is 12.1 Å². The van der Waals surface area contributed by atoms with E-state index in [4.69, 9.17) is 10.5 Å². The van der Waals surface area contributed by atoms with Crippen molar-refractivity contribution in [3.63, 3.8) is 0 Å². The molecule has 26 heavy (non-hydrogen) atoms. The zero-order chi connectivity index (χ0) is 17.8. The molecule has 3 aromatic rings. The average molecular weight is 344 g/mol. The van der Waals surface area contributed by atoms with E-state index in [1.165, 1.54) is 16.7 Å². The summed E-state index contributed by atoms with van der Waals surface area (Å²) in [5, 5.41) is 0. The Morgan fingerprint density at radius 2 is 1.31 bits per heavy atom. The van der Waals surface area contributed by atoms with E-state index in [-0.39, 0.29) is 12.3 Å². The summed E-state index contributed by atoms with van der Waals surface area (Å²) in [5.41, 5.74) is 10.2. The molecule has 1 heterocycles. The minimum Gasteiger partial charge on any atom is -0.474 e. The van der Waals surface area contributed by atoms with Gasteiger partial charge in [0.2, 0.25) is 0 Å². The minimum absolute atomic E-state index is 0.130. The highest BCUT2D eigenvalue weighted by Gasteiger charge is 2.32. The summed E-state index contributed by atoms with van der Waals surface area (Å²) in [7, 11) is 0. The van der Waals surface area contributed by atoms with Crippen molar-refractivity contribution in [2.24, 2.45) is 5.73 Å². The van der Waals surface area contributed by atoms with Crippen molar-refractivity contribution in [3.8, 4) is 5.75 Å². The molecule has 0 aliphatic carbocycles. The van der Waals surface area contributed by atoms with Gasteiger partial charge < -0.3 is 4.74 Å². The first-order valence-corrected chi connectivity index (χ1v) is 9.11. The van der Waals surface area contributed by atoms with Gasteiger partial charge in [-0.15, -0.1) is 0 Å². The highest BCUT2D eigenvalue weighted by atomic mass is 16.5. The fourth-order valence-electron chi connectivity index (χ4n) is 3.62. The average Bonchev–Trinajstić information content (AvgIpc) is 2.68. The summed E-state index contributed by atoms with van der Waals surface area (Å²) in [6, 6.07) is 29.5. The van der Waals surface area contributed by atoms with Crippen molar-refractivity contribution >= 4 is 0 Å². The van der Waals surface area contributed by atoms with Crippen LogP contribution in [0.4, 0.5) is 0 Å². The number of rotatable bonds is 5. The first-order valence-electron chi connectivity index (χ1n) is 9.11. The molecular weight excluding hydrogens is 320 g/mol. The van der Waals surface area contributed by atoms with E-state index in [0.717, 1.165) is 25.3 Å². The van der Waals surface area contributed by atoms with E-state index in [9.17, 15) is 0 Å². The predicted octanol–water partition coefficient (Wildman–Crippen LogP) is 3.98. The zero-order valence-electron chi connectivity index (χ0n) is 14.8. The number of hydrogen-bond acceptors (Lipinski definition) is 3. The third kappa shape index (κ3) is 3.79. The molecule has 1 aliphatic rings. The molecule has 1 aliphatic heterocycles. The molecule has 3 heteroatoms. The molecule has 4 rings (SSSR count). The number of nitrogens with two attached hydrogens (primary N) is 1. The van der Waals surface area contributed by atoms with Crippen LogP contribution in [-0.2, 0) is 19.5 Å². The monoisotopic (exact) mass is 344 g/mol. The molecule has 0 fully saturated rings. The van der Waals surface area contributed by atoms with E-state index >= 15 is 0 Å². The van der Waals surface area contributed by atoms with Crippen LogP contribution < -0.4 is 10.5 Å². The highest BCUT2D eigenvalue weighted by molar-refractivity contribution is 5.36. The van der Waals surface area contributed by atoms with E-state index in [2.05, 4.69) is 77.7 Å². The van der Waals surface area contributed by atoms with Gasteiger partial charge in [-0.3, -0.25) is 10.6 Å². The number of ether oxygens (including phenoxy) is 1. The Morgan fingerprint density at radius 1 is 0.769 bits per heavy atom. The topological polar surface area (TPSA) is 38.5 Å². The van der Waals surface area contributed by atoms with Gasteiger partial charge in [0.15, 0.2) is 6.23 Å². The lowest BCUT2D eigenvalue weighted by atomic mass is 9.98. The summed E-state index contributed by atoms with van der Waals surface area (Å²) in [5.74, 6) is 0.913. The molecule has 3 nitrogen and oxygen atoms in total. The van der Waals surface area contributed by atoms with Crippen molar-refractivity contribution < 1.29 is 4.74 Å². The smallest absolute Gasteiger partial charge is 0.163 e. The minimum atomic E-state index is -0.336. The van der Waals surface area contributed by atoms with Crippen LogP contribution in [0.15, 0.2) is 84.9 Å². The van der Waals surface area contributed by atoms with Gasteiger partial charge in [0.05, 0.1) is 6.04 Å². The van der Waals surface area contributed by atoms with Crippen molar-refractivity contribution in [2.75, 3.05) is 0 Å². The van der Waals surface area contributed by atoms with Gasteiger partial charge in [-0.1, -0.05) is 78.9 Å². The van der Waals surface area contributed by atoms with Crippen LogP contribution in [0.25, 0.3) is 0 Å². The number of para-hydroxylation sites is 1. The second kappa shape index (κ2) is 7.73. The summed E-state index contributed by atoms with van der Waals surface area (Å²) < 4.78 is 6.04. The largest absolute Gasteiger partial charge is 0.474 e. The van der Waals surface area contributed by atoms with E-state index in [0.29, 0.717) is 0 Å². The molecule has 3 aromatic carbocycles. The Morgan fingerprint density at radius 3 is 1.92 bits per heavy atom. The molecular formula is C23H24N2O. The van der Waals surface area contributed by atoms with Crippen LogP contribution in [0.1, 0.15) is 16.7 Å². The maximum absolute atomic E-state index is 6.44.